The van der Waals surface area contributed by atoms with Crippen LogP contribution in [-0.2, 0) is 0 Å². The van der Waals surface area contributed by atoms with Crippen LogP contribution in [-0.4, -0.2) is 9.13 Å². The van der Waals surface area contributed by atoms with Crippen LogP contribution in [0, 0.1) is 0 Å². The van der Waals surface area contributed by atoms with Gasteiger partial charge in [-0.2, -0.15) is 0 Å². The highest BCUT2D eigenvalue weighted by atomic mass is 15.0. The molecule has 0 unspecified atom stereocenters. The lowest BCUT2D eigenvalue weighted by atomic mass is 10.0. The normalized spacial score (nSPS) is 11.4. The summed E-state index contributed by atoms with van der Waals surface area (Å²) in [5.74, 6) is 0. The first-order valence-electron chi connectivity index (χ1n) is 14.9. The van der Waals surface area contributed by atoms with Gasteiger partial charge in [-0.05, 0) is 64.0 Å². The third-order valence-corrected chi connectivity index (χ3v) is 8.71. The molecule has 0 spiro atoms. The lowest BCUT2D eigenvalue weighted by Crippen LogP contribution is -2.03. The molecule has 2 aromatic heterocycles. The molecule has 0 bridgehead atoms. The predicted molar refractivity (Wildman–Crippen MR) is 190 cm³/mol. The maximum absolute atomic E-state index is 4.37. The van der Waals surface area contributed by atoms with E-state index in [9.17, 15) is 0 Å². The highest BCUT2D eigenvalue weighted by molar-refractivity contribution is 6.16. The number of nitrogens with zero attached hydrogens (tertiary/aromatic N) is 2. The lowest BCUT2D eigenvalue weighted by molar-refractivity contribution is 1.09. The minimum atomic E-state index is 0.981. The van der Waals surface area contributed by atoms with Crippen LogP contribution in [0.5, 0.6) is 0 Å². The Morgan fingerprint density at radius 3 is 1.48 bits per heavy atom. The average molecular weight is 563 g/mol. The van der Waals surface area contributed by atoms with Crippen molar-refractivity contribution in [1.29, 1.82) is 0 Å². The third-order valence-electron chi connectivity index (χ3n) is 8.71. The summed E-state index contributed by atoms with van der Waals surface area (Å²) in [6.45, 7) is 8.69. The molecule has 0 amide bonds. The SMILES string of the molecule is C=Cc1c(C=C)n(-c2ccc3c4ccccc4n(-c4ccccc4)c3c2)c2ccccc2c2ccccc2c2ccccc12. The minimum absolute atomic E-state index is 0.981. The lowest BCUT2D eigenvalue weighted by Gasteiger charge is -2.17. The van der Waals surface area contributed by atoms with E-state index in [0.717, 1.165) is 44.4 Å². The molecule has 208 valence electrons. The predicted octanol–water partition coefficient (Wildman–Crippen LogP) is 11.4. The Bertz CT molecular complexity index is 2470. The van der Waals surface area contributed by atoms with Crippen LogP contribution < -0.4 is 0 Å². The maximum atomic E-state index is 4.37. The molecule has 2 nitrogen and oxygen atoms in total. The Balaban J connectivity index is 1.63. The van der Waals surface area contributed by atoms with E-state index in [1.165, 1.54) is 32.4 Å². The zero-order valence-corrected chi connectivity index (χ0v) is 24.3. The van der Waals surface area contributed by atoms with Crippen molar-refractivity contribution >= 4 is 66.4 Å². The Kier molecular flexibility index (Phi) is 6.13. The molecule has 44 heavy (non-hydrogen) atoms. The molecule has 0 N–H and O–H groups in total. The molecule has 6 aromatic carbocycles. The molecule has 0 aliphatic heterocycles. The van der Waals surface area contributed by atoms with Crippen LogP contribution in [0.3, 0.4) is 0 Å². The number of aromatic nitrogens is 2. The number of para-hydroxylation sites is 3. The molecule has 0 saturated heterocycles. The highest BCUT2D eigenvalue weighted by Crippen LogP contribution is 2.37. The number of benzene rings is 6. The number of hydrogen-bond donors (Lipinski definition) is 0. The van der Waals surface area contributed by atoms with Crippen LogP contribution >= 0.6 is 0 Å². The van der Waals surface area contributed by atoms with Crippen molar-refractivity contribution in [1.82, 2.24) is 9.13 Å². The zero-order valence-electron chi connectivity index (χ0n) is 24.3. The van der Waals surface area contributed by atoms with E-state index in [2.05, 4.69) is 168 Å². The molecular weight excluding hydrogens is 532 g/mol. The van der Waals surface area contributed by atoms with E-state index in [1.54, 1.807) is 0 Å². The Morgan fingerprint density at radius 2 is 0.841 bits per heavy atom. The van der Waals surface area contributed by atoms with Crippen LogP contribution in [0.4, 0.5) is 0 Å². The molecule has 8 rings (SSSR count). The minimum Gasteiger partial charge on any atom is -0.309 e. The van der Waals surface area contributed by atoms with Crippen LogP contribution in [0.15, 0.2) is 159 Å². The van der Waals surface area contributed by atoms with Gasteiger partial charge >= 0.3 is 0 Å². The summed E-state index contributed by atoms with van der Waals surface area (Å²) in [4.78, 5) is 0. The molecule has 8 aromatic rings. The zero-order chi connectivity index (χ0) is 29.6. The van der Waals surface area contributed by atoms with Gasteiger partial charge in [0.15, 0.2) is 0 Å². The second-order valence-corrected chi connectivity index (χ2v) is 11.0. The molecule has 0 radical (unpaired) electrons. The van der Waals surface area contributed by atoms with Gasteiger partial charge in [-0.15, -0.1) is 0 Å². The highest BCUT2D eigenvalue weighted by Gasteiger charge is 2.16. The van der Waals surface area contributed by atoms with Gasteiger partial charge in [0.1, 0.15) is 0 Å². The number of fused-ring (bicyclic) bond motifs is 8. The van der Waals surface area contributed by atoms with E-state index in [-0.39, 0.29) is 0 Å². The Labute approximate surface area is 256 Å². The summed E-state index contributed by atoms with van der Waals surface area (Å²) in [5.41, 5.74) is 7.62. The van der Waals surface area contributed by atoms with Gasteiger partial charge in [0.05, 0.1) is 22.2 Å². The van der Waals surface area contributed by atoms with Gasteiger partial charge in [0, 0.05) is 33.1 Å². The summed E-state index contributed by atoms with van der Waals surface area (Å²) in [6.07, 6.45) is 3.94. The molecule has 0 fully saturated rings. The summed E-state index contributed by atoms with van der Waals surface area (Å²) in [6, 6.07) is 52.1. The fraction of sp³-hybridized carbons (Fsp3) is 0. The average Bonchev–Trinajstić information content (AvgIpc) is 3.43. The van der Waals surface area contributed by atoms with Crippen molar-refractivity contribution in [3.63, 3.8) is 0 Å². The molecular formula is C42H30N2. The van der Waals surface area contributed by atoms with Crippen molar-refractivity contribution in [3.8, 4) is 11.4 Å². The molecule has 0 atom stereocenters. The molecule has 2 heterocycles. The first kappa shape index (κ1) is 25.8. The topological polar surface area (TPSA) is 9.86 Å². The third kappa shape index (κ3) is 3.89. The van der Waals surface area contributed by atoms with Gasteiger partial charge < -0.3 is 9.13 Å². The monoisotopic (exact) mass is 562 g/mol. The fourth-order valence-electron chi connectivity index (χ4n) is 6.84. The van der Waals surface area contributed by atoms with Gasteiger partial charge in [0.25, 0.3) is 0 Å². The molecule has 2 heteroatoms. The van der Waals surface area contributed by atoms with E-state index >= 15 is 0 Å². The van der Waals surface area contributed by atoms with Gasteiger partial charge in [-0.1, -0.05) is 128 Å². The summed E-state index contributed by atoms with van der Waals surface area (Å²) in [5, 5.41) is 8.29. The second kappa shape index (κ2) is 10.4. The first-order chi connectivity index (χ1) is 21.8. The smallest absolute Gasteiger partial charge is 0.0561 e. The Hall–Kier alpha value is -5.86. The van der Waals surface area contributed by atoms with Crippen molar-refractivity contribution in [2.75, 3.05) is 0 Å². The summed E-state index contributed by atoms with van der Waals surface area (Å²) in [7, 11) is 0. The number of rotatable bonds is 4. The summed E-state index contributed by atoms with van der Waals surface area (Å²) >= 11 is 0. The van der Waals surface area contributed by atoms with Crippen molar-refractivity contribution in [2.24, 2.45) is 0 Å². The van der Waals surface area contributed by atoms with E-state index < -0.39 is 0 Å². The molecule has 0 saturated carbocycles. The maximum Gasteiger partial charge on any atom is 0.0561 e. The van der Waals surface area contributed by atoms with Gasteiger partial charge in [-0.25, -0.2) is 0 Å². The van der Waals surface area contributed by atoms with Crippen LogP contribution in [0.2, 0.25) is 0 Å². The summed E-state index contributed by atoms with van der Waals surface area (Å²) < 4.78 is 4.72. The number of hydrogen-bond acceptors (Lipinski definition) is 0. The first-order valence-corrected chi connectivity index (χ1v) is 14.9. The van der Waals surface area contributed by atoms with Crippen molar-refractivity contribution < 1.29 is 0 Å². The quantitative estimate of drug-likeness (QED) is 0.202. The van der Waals surface area contributed by atoms with Gasteiger partial charge in [0.2, 0.25) is 0 Å². The van der Waals surface area contributed by atoms with Crippen molar-refractivity contribution in [2.45, 2.75) is 0 Å². The molecule has 0 aliphatic rings. The molecule has 0 aliphatic carbocycles. The van der Waals surface area contributed by atoms with Gasteiger partial charge in [-0.3, -0.25) is 0 Å². The van der Waals surface area contributed by atoms with E-state index in [1.807, 2.05) is 12.2 Å². The Morgan fingerprint density at radius 1 is 0.364 bits per heavy atom. The van der Waals surface area contributed by atoms with Crippen molar-refractivity contribution in [3.05, 3.63) is 170 Å². The standard InChI is InChI=1S/C42H30N2/c1-3-31-32-18-8-9-19-33(32)34-20-10-11-21-35(34)36-22-12-14-24-40(36)44(39(31)4-2)30-26-27-38-37-23-13-15-25-41(37)43(42(38)28-30)29-16-6-5-7-17-29/h3-28H,1-2H2. The fourth-order valence-corrected chi connectivity index (χ4v) is 6.84. The van der Waals surface area contributed by atoms with E-state index in [4.69, 9.17) is 0 Å². The van der Waals surface area contributed by atoms with Crippen LogP contribution in [0.1, 0.15) is 11.3 Å². The second-order valence-electron chi connectivity index (χ2n) is 11.0. The van der Waals surface area contributed by atoms with Crippen LogP contribution in [0.25, 0.3) is 77.8 Å². The largest absolute Gasteiger partial charge is 0.309 e. The van der Waals surface area contributed by atoms with E-state index in [0.29, 0.717) is 0 Å².